The van der Waals surface area contributed by atoms with Gasteiger partial charge in [-0.05, 0) is 17.7 Å². The molecule has 2 rings (SSSR count). The average Bonchev–Trinajstić information content (AvgIpc) is 2.84. The Morgan fingerprint density at radius 3 is 2.65 bits per heavy atom. The Morgan fingerprint density at radius 2 is 2.15 bits per heavy atom. The molecular formula is C11H12N4O4S. The zero-order chi connectivity index (χ0) is 14.8. The number of sulfonamides is 1. The van der Waals surface area contributed by atoms with Crippen LogP contribution in [-0.4, -0.2) is 34.3 Å². The van der Waals surface area contributed by atoms with Crippen molar-refractivity contribution < 1.29 is 18.3 Å². The fraction of sp³-hybridized carbons (Fsp3) is 0.182. The van der Waals surface area contributed by atoms with E-state index in [0.717, 1.165) is 0 Å². The molecule has 0 bridgehead atoms. The number of carbonyl (C=O) groups is 1. The van der Waals surface area contributed by atoms with Crippen molar-refractivity contribution in [2.75, 3.05) is 0 Å². The fourth-order valence-corrected chi connectivity index (χ4v) is 2.67. The third kappa shape index (κ3) is 3.00. The topological polar surface area (TPSA) is 114 Å². The van der Waals surface area contributed by atoms with Crippen LogP contribution < -0.4 is 4.72 Å². The number of aromatic carboxylic acids is 1. The number of rotatable bonds is 5. The molecular weight excluding hydrogens is 284 g/mol. The molecule has 0 fully saturated rings. The molecule has 0 saturated heterocycles. The summed E-state index contributed by atoms with van der Waals surface area (Å²) in [6.45, 7) is 0.0143. The van der Waals surface area contributed by atoms with Crippen LogP contribution in [0.5, 0.6) is 0 Å². The van der Waals surface area contributed by atoms with Gasteiger partial charge in [0, 0.05) is 19.8 Å². The molecule has 2 heterocycles. The van der Waals surface area contributed by atoms with Gasteiger partial charge in [-0.3, -0.25) is 4.68 Å². The minimum absolute atomic E-state index is 0.0143. The van der Waals surface area contributed by atoms with Crippen molar-refractivity contribution in [2.45, 2.75) is 11.6 Å². The van der Waals surface area contributed by atoms with Crippen LogP contribution in [0, 0.1) is 0 Å². The van der Waals surface area contributed by atoms with Crippen molar-refractivity contribution in [3.8, 4) is 0 Å². The molecule has 0 aliphatic heterocycles. The first kappa shape index (κ1) is 14.2. The van der Waals surface area contributed by atoms with Gasteiger partial charge in [-0.1, -0.05) is 6.07 Å². The molecule has 0 aliphatic rings. The van der Waals surface area contributed by atoms with Crippen LogP contribution >= 0.6 is 0 Å². The van der Waals surface area contributed by atoms with Crippen LogP contribution in [0.1, 0.15) is 16.1 Å². The SMILES string of the molecule is Cn1nccc1S(=O)(=O)NCc1ccc(C(=O)O)nc1. The number of pyridine rings is 1. The van der Waals surface area contributed by atoms with E-state index in [1.807, 2.05) is 0 Å². The zero-order valence-corrected chi connectivity index (χ0v) is 11.3. The van der Waals surface area contributed by atoms with E-state index >= 15 is 0 Å². The molecule has 0 aliphatic carbocycles. The lowest BCUT2D eigenvalue weighted by molar-refractivity contribution is 0.0690. The van der Waals surface area contributed by atoms with Crippen LogP contribution in [0.15, 0.2) is 35.6 Å². The smallest absolute Gasteiger partial charge is 0.354 e. The predicted octanol–water partition coefficient (Wildman–Crippen LogP) is -0.00820. The summed E-state index contributed by atoms with van der Waals surface area (Å²) in [5.41, 5.74) is 0.462. The first-order chi connectivity index (χ1) is 9.40. The van der Waals surface area contributed by atoms with Gasteiger partial charge < -0.3 is 5.11 Å². The highest BCUT2D eigenvalue weighted by Gasteiger charge is 2.17. The molecule has 0 amide bonds. The van der Waals surface area contributed by atoms with Crippen LogP contribution in [-0.2, 0) is 23.6 Å². The van der Waals surface area contributed by atoms with Gasteiger partial charge in [0.1, 0.15) is 5.69 Å². The Morgan fingerprint density at radius 1 is 1.40 bits per heavy atom. The van der Waals surface area contributed by atoms with E-state index in [4.69, 9.17) is 5.11 Å². The molecule has 106 valence electrons. The third-order valence-electron chi connectivity index (χ3n) is 2.56. The molecule has 0 atom stereocenters. The van der Waals surface area contributed by atoms with Crippen molar-refractivity contribution in [1.29, 1.82) is 0 Å². The Bertz CT molecular complexity index is 721. The number of aromatic nitrogens is 3. The van der Waals surface area contributed by atoms with E-state index < -0.39 is 16.0 Å². The average molecular weight is 296 g/mol. The maximum Gasteiger partial charge on any atom is 0.354 e. The highest BCUT2D eigenvalue weighted by atomic mass is 32.2. The summed E-state index contributed by atoms with van der Waals surface area (Å²) < 4.78 is 27.6. The number of nitrogens with zero attached hydrogens (tertiary/aromatic N) is 3. The predicted molar refractivity (Wildman–Crippen MR) is 68.4 cm³/mol. The molecule has 0 aromatic carbocycles. The molecule has 2 aromatic rings. The van der Waals surface area contributed by atoms with E-state index in [9.17, 15) is 13.2 Å². The highest BCUT2D eigenvalue weighted by molar-refractivity contribution is 7.89. The molecule has 0 radical (unpaired) electrons. The van der Waals surface area contributed by atoms with Gasteiger partial charge in [0.15, 0.2) is 5.03 Å². The molecule has 2 N–H and O–H groups in total. The summed E-state index contributed by atoms with van der Waals surface area (Å²) >= 11 is 0. The largest absolute Gasteiger partial charge is 0.477 e. The third-order valence-corrected chi connectivity index (χ3v) is 4.04. The highest BCUT2D eigenvalue weighted by Crippen LogP contribution is 2.07. The quantitative estimate of drug-likeness (QED) is 0.802. The van der Waals surface area contributed by atoms with Crippen molar-refractivity contribution in [3.63, 3.8) is 0 Å². The van der Waals surface area contributed by atoms with Crippen LogP contribution in [0.4, 0.5) is 0 Å². The lowest BCUT2D eigenvalue weighted by Crippen LogP contribution is -2.25. The minimum Gasteiger partial charge on any atom is -0.477 e. The molecule has 0 saturated carbocycles. The van der Waals surface area contributed by atoms with Gasteiger partial charge >= 0.3 is 5.97 Å². The van der Waals surface area contributed by atoms with Gasteiger partial charge in [-0.15, -0.1) is 0 Å². The molecule has 2 aromatic heterocycles. The first-order valence-electron chi connectivity index (χ1n) is 5.56. The lowest BCUT2D eigenvalue weighted by Gasteiger charge is -2.06. The number of hydrogen-bond donors (Lipinski definition) is 2. The number of nitrogens with one attached hydrogen (secondary N) is 1. The summed E-state index contributed by atoms with van der Waals surface area (Å²) in [7, 11) is -2.14. The second kappa shape index (κ2) is 5.39. The van der Waals surface area contributed by atoms with E-state index in [1.165, 1.54) is 42.3 Å². The molecule has 0 spiro atoms. The van der Waals surface area contributed by atoms with Crippen molar-refractivity contribution in [1.82, 2.24) is 19.5 Å². The Balaban J connectivity index is 2.09. The molecule has 9 heteroatoms. The summed E-state index contributed by atoms with van der Waals surface area (Å²) in [4.78, 5) is 14.3. The Kier molecular flexibility index (Phi) is 3.81. The zero-order valence-electron chi connectivity index (χ0n) is 10.5. The first-order valence-corrected chi connectivity index (χ1v) is 7.04. The summed E-state index contributed by atoms with van der Waals surface area (Å²) in [6, 6.07) is 4.20. The minimum atomic E-state index is -3.67. The van der Waals surface area contributed by atoms with Gasteiger partial charge in [0.2, 0.25) is 0 Å². The molecule has 8 nitrogen and oxygen atoms in total. The summed E-state index contributed by atoms with van der Waals surface area (Å²) in [6.07, 6.45) is 2.70. The van der Waals surface area contributed by atoms with E-state index in [0.29, 0.717) is 5.56 Å². The van der Waals surface area contributed by atoms with Crippen molar-refractivity contribution in [3.05, 3.63) is 41.9 Å². The van der Waals surface area contributed by atoms with E-state index in [1.54, 1.807) is 0 Å². The van der Waals surface area contributed by atoms with Gasteiger partial charge in [0.05, 0.1) is 6.20 Å². The lowest BCUT2D eigenvalue weighted by atomic mass is 10.2. The normalized spacial score (nSPS) is 11.4. The molecule has 20 heavy (non-hydrogen) atoms. The number of carboxylic acids is 1. The van der Waals surface area contributed by atoms with Gasteiger partial charge in [-0.2, -0.15) is 5.10 Å². The second-order valence-electron chi connectivity index (χ2n) is 3.97. The van der Waals surface area contributed by atoms with Gasteiger partial charge in [0.25, 0.3) is 10.0 Å². The van der Waals surface area contributed by atoms with E-state index in [-0.39, 0.29) is 17.3 Å². The fourth-order valence-electron chi connectivity index (χ4n) is 1.53. The molecule has 0 unspecified atom stereocenters. The number of hydrogen-bond acceptors (Lipinski definition) is 5. The monoisotopic (exact) mass is 296 g/mol. The van der Waals surface area contributed by atoms with Crippen LogP contribution in [0.3, 0.4) is 0 Å². The standard InChI is InChI=1S/C11H12N4O4S/c1-15-10(4-5-13-15)20(18,19)14-7-8-2-3-9(11(16)17)12-6-8/h2-6,14H,7H2,1H3,(H,16,17). The van der Waals surface area contributed by atoms with E-state index in [2.05, 4.69) is 14.8 Å². The summed E-state index contributed by atoms with van der Waals surface area (Å²) in [5.74, 6) is -1.13. The Labute approximate surface area is 115 Å². The maximum absolute atomic E-state index is 12.0. The van der Waals surface area contributed by atoms with Crippen LogP contribution in [0.25, 0.3) is 0 Å². The van der Waals surface area contributed by atoms with Crippen molar-refractivity contribution >= 4 is 16.0 Å². The second-order valence-corrected chi connectivity index (χ2v) is 5.69. The van der Waals surface area contributed by atoms with Crippen molar-refractivity contribution in [2.24, 2.45) is 7.05 Å². The summed E-state index contributed by atoms with van der Waals surface area (Å²) in [5, 5.41) is 12.5. The maximum atomic E-state index is 12.0. The van der Waals surface area contributed by atoms with Gasteiger partial charge in [-0.25, -0.2) is 22.9 Å². The Hall–Kier alpha value is -2.26. The number of aryl methyl sites for hydroxylation is 1. The van der Waals surface area contributed by atoms with Crippen LogP contribution in [0.2, 0.25) is 0 Å². The number of carboxylic acid groups (broad SMARTS) is 1.